The molecule has 0 fully saturated rings. The Hall–Kier alpha value is -1.88. The summed E-state index contributed by atoms with van der Waals surface area (Å²) in [5.41, 5.74) is 2.18. The molecule has 0 saturated heterocycles. The molecular formula is C14H20N4O. The van der Waals surface area contributed by atoms with E-state index in [0.717, 1.165) is 24.4 Å². The van der Waals surface area contributed by atoms with E-state index in [0.29, 0.717) is 0 Å². The van der Waals surface area contributed by atoms with Crippen molar-refractivity contribution in [2.45, 2.75) is 19.4 Å². The van der Waals surface area contributed by atoms with Gasteiger partial charge in [0.2, 0.25) is 0 Å². The maximum absolute atomic E-state index is 5.28. The Morgan fingerprint density at radius 1 is 1.42 bits per heavy atom. The Balaban J connectivity index is 2.18. The van der Waals surface area contributed by atoms with Crippen molar-refractivity contribution >= 4 is 0 Å². The van der Waals surface area contributed by atoms with Crippen molar-refractivity contribution < 1.29 is 4.74 Å². The summed E-state index contributed by atoms with van der Waals surface area (Å²) in [7, 11) is 3.56. The molecule has 0 aliphatic heterocycles. The van der Waals surface area contributed by atoms with Crippen LogP contribution in [0.5, 0.6) is 5.75 Å². The average molecular weight is 260 g/mol. The minimum Gasteiger partial charge on any atom is -0.497 e. The van der Waals surface area contributed by atoms with Crippen molar-refractivity contribution in [1.29, 1.82) is 0 Å². The van der Waals surface area contributed by atoms with Crippen LogP contribution < -0.4 is 10.1 Å². The molecule has 0 radical (unpaired) electrons. The van der Waals surface area contributed by atoms with Gasteiger partial charge in [0, 0.05) is 25.7 Å². The minimum absolute atomic E-state index is 0.219. The number of hydrogen-bond donors (Lipinski definition) is 1. The van der Waals surface area contributed by atoms with Gasteiger partial charge in [-0.3, -0.25) is 4.68 Å². The predicted octanol–water partition coefficient (Wildman–Crippen LogP) is 1.72. The highest BCUT2D eigenvalue weighted by Crippen LogP contribution is 2.21. The fourth-order valence-corrected chi connectivity index (χ4v) is 2.11. The third-order valence-corrected chi connectivity index (χ3v) is 3.01. The van der Waals surface area contributed by atoms with Crippen LogP contribution in [0.1, 0.15) is 24.2 Å². The van der Waals surface area contributed by atoms with Crippen LogP contribution in [0, 0.1) is 0 Å². The van der Waals surface area contributed by atoms with Crippen LogP contribution in [0.2, 0.25) is 0 Å². The van der Waals surface area contributed by atoms with E-state index in [1.54, 1.807) is 11.8 Å². The van der Waals surface area contributed by atoms with Crippen molar-refractivity contribution in [2.24, 2.45) is 7.05 Å². The number of nitrogens with zero attached hydrogens (tertiary/aromatic N) is 3. The molecule has 0 aliphatic carbocycles. The average Bonchev–Trinajstić information content (AvgIpc) is 2.84. The van der Waals surface area contributed by atoms with Gasteiger partial charge in [0.15, 0.2) is 0 Å². The highest BCUT2D eigenvalue weighted by molar-refractivity contribution is 5.31. The standard InChI is InChI=1S/C14H20N4O/c1-4-15-14(9-12-10-18(2)17-16-12)11-6-5-7-13(8-11)19-3/h5-8,10,14-15H,4,9H2,1-3H3. The monoisotopic (exact) mass is 260 g/mol. The number of nitrogens with one attached hydrogen (secondary N) is 1. The number of methoxy groups -OCH3 is 1. The van der Waals surface area contributed by atoms with Gasteiger partial charge in [0.25, 0.3) is 0 Å². The molecule has 102 valence electrons. The maximum atomic E-state index is 5.28. The molecular weight excluding hydrogens is 240 g/mol. The van der Waals surface area contributed by atoms with Crippen molar-refractivity contribution in [3.8, 4) is 5.75 Å². The predicted molar refractivity (Wildman–Crippen MR) is 74.1 cm³/mol. The van der Waals surface area contributed by atoms with Crippen molar-refractivity contribution in [1.82, 2.24) is 20.3 Å². The molecule has 0 spiro atoms. The van der Waals surface area contributed by atoms with Gasteiger partial charge in [-0.15, -0.1) is 5.10 Å². The third-order valence-electron chi connectivity index (χ3n) is 3.01. The third kappa shape index (κ3) is 3.54. The van der Waals surface area contributed by atoms with Crippen molar-refractivity contribution in [3.05, 3.63) is 41.7 Å². The summed E-state index contributed by atoms with van der Waals surface area (Å²) in [6.45, 7) is 3.01. The molecule has 1 atom stereocenters. The van der Waals surface area contributed by atoms with Crippen LogP contribution in [0.15, 0.2) is 30.5 Å². The smallest absolute Gasteiger partial charge is 0.119 e. The van der Waals surface area contributed by atoms with Crippen LogP contribution in [0.3, 0.4) is 0 Å². The summed E-state index contributed by atoms with van der Waals surface area (Å²) in [5.74, 6) is 0.875. The summed E-state index contributed by atoms with van der Waals surface area (Å²) in [5, 5.41) is 11.6. The number of aryl methyl sites for hydroxylation is 1. The maximum Gasteiger partial charge on any atom is 0.119 e. The first-order chi connectivity index (χ1) is 9.22. The molecule has 5 heteroatoms. The zero-order valence-corrected chi connectivity index (χ0v) is 11.6. The topological polar surface area (TPSA) is 52.0 Å². The zero-order chi connectivity index (χ0) is 13.7. The molecule has 1 aromatic heterocycles. The highest BCUT2D eigenvalue weighted by Gasteiger charge is 2.13. The van der Waals surface area contributed by atoms with E-state index in [-0.39, 0.29) is 6.04 Å². The number of rotatable bonds is 6. The second-order valence-corrected chi connectivity index (χ2v) is 4.47. The molecule has 2 aromatic rings. The quantitative estimate of drug-likeness (QED) is 0.859. The Bertz CT molecular complexity index is 524. The summed E-state index contributed by atoms with van der Waals surface area (Å²) >= 11 is 0. The van der Waals surface area contributed by atoms with Gasteiger partial charge in [0.1, 0.15) is 5.75 Å². The minimum atomic E-state index is 0.219. The van der Waals surface area contributed by atoms with E-state index in [2.05, 4.69) is 34.7 Å². The Kier molecular flexibility index (Phi) is 4.52. The van der Waals surface area contributed by atoms with Crippen LogP contribution in [0.4, 0.5) is 0 Å². The largest absolute Gasteiger partial charge is 0.497 e. The summed E-state index contributed by atoms with van der Waals surface area (Å²) < 4.78 is 7.00. The summed E-state index contributed by atoms with van der Waals surface area (Å²) in [4.78, 5) is 0. The number of likely N-dealkylation sites (N-methyl/N-ethyl adjacent to an activating group) is 1. The van der Waals surface area contributed by atoms with E-state index < -0.39 is 0 Å². The molecule has 19 heavy (non-hydrogen) atoms. The Labute approximate surface area is 113 Å². The second kappa shape index (κ2) is 6.33. The Morgan fingerprint density at radius 3 is 2.89 bits per heavy atom. The lowest BCUT2D eigenvalue weighted by atomic mass is 10.0. The van der Waals surface area contributed by atoms with Crippen LogP contribution >= 0.6 is 0 Å². The van der Waals surface area contributed by atoms with Gasteiger partial charge >= 0.3 is 0 Å². The number of ether oxygens (including phenoxy) is 1. The first-order valence-electron chi connectivity index (χ1n) is 6.45. The molecule has 1 heterocycles. The van der Waals surface area contributed by atoms with Crippen LogP contribution in [-0.4, -0.2) is 28.6 Å². The van der Waals surface area contributed by atoms with Gasteiger partial charge in [-0.05, 0) is 24.2 Å². The lowest BCUT2D eigenvalue weighted by molar-refractivity contribution is 0.413. The van der Waals surface area contributed by atoms with E-state index in [1.807, 2.05) is 25.4 Å². The lowest BCUT2D eigenvalue weighted by Crippen LogP contribution is -2.23. The van der Waals surface area contributed by atoms with Gasteiger partial charge < -0.3 is 10.1 Å². The van der Waals surface area contributed by atoms with E-state index in [1.165, 1.54) is 5.56 Å². The summed E-state index contributed by atoms with van der Waals surface area (Å²) in [6.07, 6.45) is 2.76. The van der Waals surface area contributed by atoms with E-state index in [4.69, 9.17) is 4.74 Å². The highest BCUT2D eigenvalue weighted by atomic mass is 16.5. The van der Waals surface area contributed by atoms with Crippen LogP contribution in [0.25, 0.3) is 0 Å². The van der Waals surface area contributed by atoms with Gasteiger partial charge in [-0.2, -0.15) is 0 Å². The van der Waals surface area contributed by atoms with E-state index >= 15 is 0 Å². The molecule has 0 bridgehead atoms. The van der Waals surface area contributed by atoms with Gasteiger partial charge in [-0.25, -0.2) is 0 Å². The number of benzene rings is 1. The molecule has 1 N–H and O–H groups in total. The molecule has 2 rings (SSSR count). The first-order valence-corrected chi connectivity index (χ1v) is 6.45. The number of aromatic nitrogens is 3. The molecule has 0 saturated carbocycles. The fraction of sp³-hybridized carbons (Fsp3) is 0.429. The fourth-order valence-electron chi connectivity index (χ4n) is 2.11. The second-order valence-electron chi connectivity index (χ2n) is 4.47. The molecule has 1 unspecified atom stereocenters. The zero-order valence-electron chi connectivity index (χ0n) is 11.6. The SMILES string of the molecule is CCNC(Cc1cn(C)nn1)c1cccc(OC)c1. The van der Waals surface area contributed by atoms with Crippen molar-refractivity contribution in [2.75, 3.05) is 13.7 Å². The molecule has 1 aromatic carbocycles. The Morgan fingerprint density at radius 2 is 2.26 bits per heavy atom. The van der Waals surface area contributed by atoms with Gasteiger partial charge in [0.05, 0.1) is 12.8 Å². The first kappa shape index (κ1) is 13.5. The van der Waals surface area contributed by atoms with Crippen LogP contribution in [-0.2, 0) is 13.5 Å². The van der Waals surface area contributed by atoms with Crippen molar-refractivity contribution in [3.63, 3.8) is 0 Å². The molecule has 5 nitrogen and oxygen atoms in total. The lowest BCUT2D eigenvalue weighted by Gasteiger charge is -2.17. The van der Waals surface area contributed by atoms with E-state index in [9.17, 15) is 0 Å². The molecule has 0 aliphatic rings. The van der Waals surface area contributed by atoms with Gasteiger partial charge in [-0.1, -0.05) is 24.3 Å². The number of hydrogen-bond acceptors (Lipinski definition) is 4. The normalized spacial score (nSPS) is 12.4. The summed E-state index contributed by atoms with van der Waals surface area (Å²) in [6, 6.07) is 8.34. The molecule has 0 amide bonds.